The van der Waals surface area contributed by atoms with Crippen LogP contribution in [0, 0.1) is 0 Å². The molecule has 250 valence electrons. The first-order valence-electron chi connectivity index (χ1n) is 18.3. The second-order valence-corrected chi connectivity index (χ2v) is 14.0. The maximum atomic E-state index is 6.44. The zero-order chi connectivity index (χ0) is 35.3. The molecule has 0 fully saturated rings. The second-order valence-electron chi connectivity index (χ2n) is 14.0. The first-order chi connectivity index (χ1) is 26.8. The van der Waals surface area contributed by atoms with Crippen molar-refractivity contribution in [2.24, 2.45) is 0 Å². The summed E-state index contributed by atoms with van der Waals surface area (Å²) in [7, 11) is 0. The van der Waals surface area contributed by atoms with Gasteiger partial charge in [-0.25, -0.2) is 9.97 Å². The van der Waals surface area contributed by atoms with Gasteiger partial charge in [0.2, 0.25) is 5.95 Å². The van der Waals surface area contributed by atoms with Crippen LogP contribution in [0.2, 0.25) is 0 Å². The molecule has 0 radical (unpaired) electrons. The maximum absolute atomic E-state index is 6.44. The van der Waals surface area contributed by atoms with Crippen LogP contribution in [0.25, 0.3) is 115 Å². The molecule has 4 heteroatoms. The van der Waals surface area contributed by atoms with E-state index in [0.717, 1.165) is 87.8 Å². The minimum Gasteiger partial charge on any atom is -0.456 e. The van der Waals surface area contributed by atoms with Gasteiger partial charge in [0.25, 0.3) is 0 Å². The van der Waals surface area contributed by atoms with Crippen molar-refractivity contribution in [3.63, 3.8) is 0 Å². The minimum absolute atomic E-state index is 0.634. The molecule has 0 aliphatic heterocycles. The molecule has 3 aromatic heterocycles. The zero-order valence-electron chi connectivity index (χ0n) is 29.0. The first-order valence-corrected chi connectivity index (χ1v) is 18.3. The van der Waals surface area contributed by atoms with Crippen LogP contribution in [0.3, 0.4) is 0 Å². The molecule has 0 amide bonds. The standard InChI is InChI=1S/C50H29N3O/c1-2-15-31(16-3-1)46-41-29-28-30-14-4-5-17-32(30)47(41)52-50(51-46)53-48-38(36-23-13-27-43-44(36)39-22-10-11-26-42(39)54-43)24-12-25-40(48)45-35-20-8-6-18-33(35)34-19-7-9-21-37(34)49(45)53/h1-29H. The third-order valence-corrected chi connectivity index (χ3v) is 11.2. The fraction of sp³-hybridized carbons (Fsp3) is 0. The molecule has 0 bridgehead atoms. The topological polar surface area (TPSA) is 43.9 Å². The maximum Gasteiger partial charge on any atom is 0.235 e. The quantitative estimate of drug-likeness (QED) is 0.174. The highest BCUT2D eigenvalue weighted by Crippen LogP contribution is 2.47. The van der Waals surface area contributed by atoms with Gasteiger partial charge in [0, 0.05) is 48.8 Å². The van der Waals surface area contributed by atoms with Crippen molar-refractivity contribution < 1.29 is 4.42 Å². The van der Waals surface area contributed by atoms with Gasteiger partial charge in [0.15, 0.2) is 0 Å². The summed E-state index contributed by atoms with van der Waals surface area (Å²) in [5, 5.41) is 12.6. The van der Waals surface area contributed by atoms with Crippen LogP contribution in [-0.2, 0) is 0 Å². The second kappa shape index (κ2) is 11.1. The fourth-order valence-electron chi connectivity index (χ4n) is 8.91. The molecule has 0 unspecified atom stereocenters. The molecule has 0 saturated carbocycles. The number of benzene rings is 9. The Hall–Kier alpha value is -7.30. The Balaban J connectivity index is 1.34. The molecule has 4 nitrogen and oxygen atoms in total. The number of nitrogens with zero attached hydrogens (tertiary/aromatic N) is 3. The smallest absolute Gasteiger partial charge is 0.235 e. The van der Waals surface area contributed by atoms with Crippen molar-refractivity contribution in [1.29, 1.82) is 0 Å². The predicted molar refractivity (Wildman–Crippen MR) is 225 cm³/mol. The normalized spacial score (nSPS) is 12.1. The fourth-order valence-corrected chi connectivity index (χ4v) is 8.91. The molecule has 12 aromatic rings. The lowest BCUT2D eigenvalue weighted by atomic mass is 9.95. The Morgan fingerprint density at radius 3 is 1.85 bits per heavy atom. The summed E-state index contributed by atoms with van der Waals surface area (Å²) in [5.41, 5.74) is 8.98. The summed E-state index contributed by atoms with van der Waals surface area (Å²) in [4.78, 5) is 11.2. The molecule has 0 atom stereocenters. The van der Waals surface area contributed by atoms with Gasteiger partial charge >= 0.3 is 0 Å². The Morgan fingerprint density at radius 2 is 1.00 bits per heavy atom. The lowest BCUT2D eigenvalue weighted by Gasteiger charge is -2.16. The van der Waals surface area contributed by atoms with Crippen molar-refractivity contribution in [2.75, 3.05) is 0 Å². The molecule has 9 aromatic carbocycles. The average Bonchev–Trinajstić information content (AvgIpc) is 3.81. The molecular formula is C50H29N3O. The molecule has 0 saturated heterocycles. The SMILES string of the molecule is c1ccc(-c2nc(-n3c4c(-c5cccc6oc7ccccc7c56)cccc4c4c5ccccc5c5ccccc5c43)nc3c2ccc2ccccc23)cc1. The monoisotopic (exact) mass is 687 g/mol. The van der Waals surface area contributed by atoms with E-state index in [1.807, 2.05) is 12.1 Å². The van der Waals surface area contributed by atoms with Crippen LogP contribution >= 0.6 is 0 Å². The van der Waals surface area contributed by atoms with Gasteiger partial charge in [-0.15, -0.1) is 0 Å². The van der Waals surface area contributed by atoms with Gasteiger partial charge in [0.05, 0.1) is 22.2 Å². The number of para-hydroxylation sites is 2. The lowest BCUT2D eigenvalue weighted by Crippen LogP contribution is -2.05. The van der Waals surface area contributed by atoms with Crippen LogP contribution in [-0.4, -0.2) is 14.5 Å². The van der Waals surface area contributed by atoms with E-state index in [2.05, 4.69) is 168 Å². The molecule has 12 rings (SSSR count). The van der Waals surface area contributed by atoms with Crippen molar-refractivity contribution in [2.45, 2.75) is 0 Å². The minimum atomic E-state index is 0.634. The summed E-state index contributed by atoms with van der Waals surface area (Å²) in [6.07, 6.45) is 0. The summed E-state index contributed by atoms with van der Waals surface area (Å²) in [6, 6.07) is 62.4. The van der Waals surface area contributed by atoms with Gasteiger partial charge in [-0.3, -0.25) is 4.57 Å². The van der Waals surface area contributed by atoms with Gasteiger partial charge in [-0.05, 0) is 45.3 Å². The van der Waals surface area contributed by atoms with Crippen LogP contribution in [0.4, 0.5) is 0 Å². The molecule has 0 aliphatic rings. The van der Waals surface area contributed by atoms with E-state index in [9.17, 15) is 0 Å². The van der Waals surface area contributed by atoms with Crippen LogP contribution in [0.15, 0.2) is 180 Å². The number of aromatic nitrogens is 3. The van der Waals surface area contributed by atoms with Crippen molar-refractivity contribution in [3.05, 3.63) is 176 Å². The van der Waals surface area contributed by atoms with Gasteiger partial charge in [-0.2, -0.15) is 0 Å². The molecule has 0 N–H and O–H groups in total. The van der Waals surface area contributed by atoms with Gasteiger partial charge in [-0.1, -0.05) is 158 Å². The Bertz CT molecular complexity index is 3500. The van der Waals surface area contributed by atoms with Gasteiger partial charge < -0.3 is 4.42 Å². The molecule has 3 heterocycles. The molecule has 0 spiro atoms. The Labute approximate surface area is 309 Å². The number of fused-ring (bicyclic) bond motifs is 14. The summed E-state index contributed by atoms with van der Waals surface area (Å²) < 4.78 is 8.79. The predicted octanol–water partition coefficient (Wildman–Crippen LogP) is 13.4. The first kappa shape index (κ1) is 29.3. The summed E-state index contributed by atoms with van der Waals surface area (Å²) in [6.45, 7) is 0. The largest absolute Gasteiger partial charge is 0.456 e. The van der Waals surface area contributed by atoms with E-state index in [1.54, 1.807) is 0 Å². The van der Waals surface area contributed by atoms with Crippen LogP contribution < -0.4 is 0 Å². The third kappa shape index (κ3) is 4.02. The number of hydrogen-bond donors (Lipinski definition) is 0. The van der Waals surface area contributed by atoms with Crippen molar-refractivity contribution in [3.8, 4) is 28.3 Å². The van der Waals surface area contributed by atoms with Crippen molar-refractivity contribution >= 4 is 87.0 Å². The molecule has 54 heavy (non-hydrogen) atoms. The van der Waals surface area contributed by atoms with Crippen LogP contribution in [0.5, 0.6) is 0 Å². The average molecular weight is 688 g/mol. The lowest BCUT2D eigenvalue weighted by molar-refractivity contribution is 0.669. The van der Waals surface area contributed by atoms with Crippen LogP contribution in [0.1, 0.15) is 0 Å². The van der Waals surface area contributed by atoms with E-state index in [4.69, 9.17) is 14.4 Å². The van der Waals surface area contributed by atoms with Gasteiger partial charge in [0.1, 0.15) is 11.2 Å². The number of hydrogen-bond acceptors (Lipinski definition) is 3. The Morgan fingerprint density at radius 1 is 0.370 bits per heavy atom. The molecule has 0 aliphatic carbocycles. The number of rotatable bonds is 3. The van der Waals surface area contributed by atoms with Crippen molar-refractivity contribution in [1.82, 2.24) is 14.5 Å². The number of furan rings is 1. The highest BCUT2D eigenvalue weighted by molar-refractivity contribution is 6.33. The third-order valence-electron chi connectivity index (χ3n) is 11.2. The highest BCUT2D eigenvalue weighted by atomic mass is 16.3. The van der Waals surface area contributed by atoms with E-state index in [1.165, 1.54) is 21.5 Å². The summed E-state index contributed by atoms with van der Waals surface area (Å²) in [5.74, 6) is 0.634. The van der Waals surface area contributed by atoms with E-state index in [-0.39, 0.29) is 0 Å². The van der Waals surface area contributed by atoms with E-state index < -0.39 is 0 Å². The summed E-state index contributed by atoms with van der Waals surface area (Å²) >= 11 is 0. The van der Waals surface area contributed by atoms with E-state index in [0.29, 0.717) is 5.95 Å². The highest BCUT2D eigenvalue weighted by Gasteiger charge is 2.25. The zero-order valence-corrected chi connectivity index (χ0v) is 29.0. The Kier molecular flexibility index (Phi) is 6.02. The molecular weight excluding hydrogens is 659 g/mol. The van der Waals surface area contributed by atoms with E-state index >= 15 is 0 Å².